The molecule has 0 spiro atoms. The number of rotatable bonds is 4. The first kappa shape index (κ1) is 22.1. The minimum atomic E-state index is -0.693. The van der Waals surface area contributed by atoms with Gasteiger partial charge in [0.25, 0.3) is 0 Å². The molecule has 0 N–H and O–H groups in total. The zero-order valence-corrected chi connectivity index (χ0v) is 18.5. The zero-order chi connectivity index (χ0) is 20.7. The Kier molecular flexibility index (Phi) is 7.75. The molecule has 0 aliphatic carbocycles. The van der Waals surface area contributed by atoms with Crippen LogP contribution in [0.2, 0.25) is 0 Å². The van der Waals surface area contributed by atoms with E-state index in [4.69, 9.17) is 4.42 Å². The maximum Gasteiger partial charge on any atom is 0.423 e. The van der Waals surface area contributed by atoms with Gasteiger partial charge in [0.15, 0.2) is 5.65 Å². The van der Waals surface area contributed by atoms with Crippen LogP contribution in [0.15, 0.2) is 56.6 Å². The largest absolute Gasteiger partial charge is 0.423 e. The lowest BCUT2D eigenvalue weighted by Crippen LogP contribution is -2.26. The van der Waals surface area contributed by atoms with Gasteiger partial charge in [0.1, 0.15) is 5.39 Å². The number of nitrogens with zero attached hydrogens (tertiary/aromatic N) is 2. The summed E-state index contributed by atoms with van der Waals surface area (Å²) in [7, 11) is 0. The molecule has 0 saturated carbocycles. The van der Waals surface area contributed by atoms with Gasteiger partial charge < -0.3 is 4.42 Å². The Morgan fingerprint density at radius 1 is 1.11 bits per heavy atom. The van der Waals surface area contributed by atoms with Crippen LogP contribution in [0.5, 0.6) is 0 Å². The van der Waals surface area contributed by atoms with E-state index in [0.717, 1.165) is 10.9 Å². The number of alkyl halides is 1. The molecule has 2 heterocycles. The predicted octanol–water partition coefficient (Wildman–Crippen LogP) is 4.88. The number of hydrogen-bond acceptors (Lipinski definition) is 4. The molecule has 6 heteroatoms. The molecular weight excluding hydrogens is 420 g/mol. The van der Waals surface area contributed by atoms with E-state index < -0.39 is 11.4 Å². The highest BCUT2D eigenvalue weighted by Gasteiger charge is 2.14. The fourth-order valence-electron chi connectivity index (χ4n) is 2.61. The predicted molar refractivity (Wildman–Crippen MR) is 117 cm³/mol. The molecule has 28 heavy (non-hydrogen) atoms. The van der Waals surface area contributed by atoms with Crippen molar-refractivity contribution < 1.29 is 4.42 Å². The molecular formula is C22H27BrN2O3. The summed E-state index contributed by atoms with van der Waals surface area (Å²) in [5.74, 6) is -0.693. The highest BCUT2D eigenvalue weighted by atomic mass is 79.9. The molecule has 5 nitrogen and oxygen atoms in total. The topological polar surface area (TPSA) is 65.1 Å². The van der Waals surface area contributed by atoms with E-state index in [9.17, 15) is 9.59 Å². The Bertz CT molecular complexity index is 1010. The summed E-state index contributed by atoms with van der Waals surface area (Å²) in [6.45, 7) is 8.93. The Morgan fingerprint density at radius 2 is 1.79 bits per heavy atom. The maximum atomic E-state index is 12.0. The van der Waals surface area contributed by atoms with Crippen LogP contribution in [0.25, 0.3) is 11.0 Å². The normalized spacial score (nSPS) is 11.2. The van der Waals surface area contributed by atoms with Crippen LogP contribution in [0.1, 0.15) is 51.7 Å². The van der Waals surface area contributed by atoms with E-state index in [1.165, 1.54) is 23.0 Å². The van der Waals surface area contributed by atoms with E-state index in [1.807, 2.05) is 12.1 Å². The average molecular weight is 447 g/mol. The number of fused-ring (bicyclic) bond motifs is 1. The molecule has 0 fully saturated rings. The van der Waals surface area contributed by atoms with Gasteiger partial charge in [-0.25, -0.2) is 14.6 Å². The first-order valence-electron chi connectivity index (χ1n) is 9.42. The average Bonchev–Trinajstić information content (AvgIpc) is 2.66. The third-order valence-electron chi connectivity index (χ3n) is 4.31. The summed E-state index contributed by atoms with van der Waals surface area (Å²) >= 11 is 3.31. The van der Waals surface area contributed by atoms with Gasteiger partial charge in [-0.1, -0.05) is 74.3 Å². The molecule has 0 unspecified atom stereocenters. The van der Waals surface area contributed by atoms with E-state index in [-0.39, 0.29) is 5.41 Å². The molecule has 1 aromatic carbocycles. The first-order chi connectivity index (χ1) is 13.3. The van der Waals surface area contributed by atoms with Crippen LogP contribution in [0.4, 0.5) is 0 Å². The lowest BCUT2D eigenvalue weighted by Gasteiger charge is -2.19. The summed E-state index contributed by atoms with van der Waals surface area (Å²) < 4.78 is 6.16. The van der Waals surface area contributed by atoms with Gasteiger partial charge in [0.2, 0.25) is 0 Å². The summed E-state index contributed by atoms with van der Waals surface area (Å²) in [4.78, 5) is 27.9. The SMILES string of the molecule is CC(C)(C)c1ccc(Cn2c(=O)oc(=O)c3cccnc32)cc1.CCCCBr. The van der Waals surface area contributed by atoms with E-state index in [2.05, 4.69) is 60.7 Å². The highest BCUT2D eigenvalue weighted by Crippen LogP contribution is 2.22. The second-order valence-electron chi connectivity index (χ2n) is 7.61. The van der Waals surface area contributed by atoms with Crippen LogP contribution >= 0.6 is 15.9 Å². The van der Waals surface area contributed by atoms with Crippen LogP contribution < -0.4 is 11.4 Å². The second-order valence-corrected chi connectivity index (χ2v) is 8.40. The van der Waals surface area contributed by atoms with E-state index >= 15 is 0 Å². The van der Waals surface area contributed by atoms with Gasteiger partial charge in [-0.3, -0.25) is 4.57 Å². The van der Waals surface area contributed by atoms with Crippen LogP contribution in [0.3, 0.4) is 0 Å². The summed E-state index contributed by atoms with van der Waals surface area (Å²) in [6, 6.07) is 11.3. The Morgan fingerprint density at radius 3 is 2.32 bits per heavy atom. The molecule has 0 atom stereocenters. The van der Waals surface area contributed by atoms with Crippen molar-refractivity contribution in [3.8, 4) is 0 Å². The van der Waals surface area contributed by atoms with Gasteiger partial charge in [-0.2, -0.15) is 0 Å². The molecule has 0 saturated heterocycles. The van der Waals surface area contributed by atoms with Crippen molar-refractivity contribution in [2.45, 2.75) is 52.5 Å². The van der Waals surface area contributed by atoms with Gasteiger partial charge in [-0.05, 0) is 35.1 Å². The Labute approximate surface area is 173 Å². The quantitative estimate of drug-likeness (QED) is 0.535. The Hall–Kier alpha value is -2.21. The fourth-order valence-corrected chi connectivity index (χ4v) is 3.17. The smallest absolute Gasteiger partial charge is 0.372 e. The van der Waals surface area contributed by atoms with Crippen molar-refractivity contribution in [2.75, 3.05) is 5.33 Å². The molecule has 0 radical (unpaired) electrons. The van der Waals surface area contributed by atoms with Crippen LogP contribution in [0, 0.1) is 0 Å². The third-order valence-corrected chi connectivity index (χ3v) is 4.87. The molecule has 0 bridgehead atoms. The maximum absolute atomic E-state index is 12.0. The minimum absolute atomic E-state index is 0.0726. The van der Waals surface area contributed by atoms with Gasteiger partial charge in [0.05, 0.1) is 6.54 Å². The number of hydrogen-bond donors (Lipinski definition) is 0. The molecule has 2 aromatic heterocycles. The molecule has 3 aromatic rings. The summed E-state index contributed by atoms with van der Waals surface area (Å²) in [6.07, 6.45) is 4.16. The lowest BCUT2D eigenvalue weighted by atomic mass is 9.87. The zero-order valence-electron chi connectivity index (χ0n) is 16.9. The third kappa shape index (κ3) is 5.64. The molecule has 150 valence electrons. The van der Waals surface area contributed by atoms with Crippen molar-refractivity contribution in [1.82, 2.24) is 9.55 Å². The number of unbranched alkanes of at least 4 members (excludes halogenated alkanes) is 1. The fraction of sp³-hybridized carbons (Fsp3) is 0.409. The van der Waals surface area contributed by atoms with Crippen LogP contribution in [-0.4, -0.2) is 14.9 Å². The molecule has 0 amide bonds. The first-order valence-corrected chi connectivity index (χ1v) is 10.5. The Balaban J connectivity index is 0.000000500. The van der Waals surface area contributed by atoms with Crippen LogP contribution in [-0.2, 0) is 12.0 Å². The van der Waals surface area contributed by atoms with E-state index in [0.29, 0.717) is 17.6 Å². The number of aromatic nitrogens is 2. The van der Waals surface area contributed by atoms with Crippen molar-refractivity contribution in [1.29, 1.82) is 0 Å². The van der Waals surface area contributed by atoms with Crippen molar-refractivity contribution in [3.05, 3.63) is 74.7 Å². The molecule has 0 aliphatic heterocycles. The summed E-state index contributed by atoms with van der Waals surface area (Å²) in [5, 5.41) is 1.46. The van der Waals surface area contributed by atoms with Crippen molar-refractivity contribution in [3.63, 3.8) is 0 Å². The number of halogens is 1. The van der Waals surface area contributed by atoms with Crippen molar-refractivity contribution >= 4 is 27.0 Å². The van der Waals surface area contributed by atoms with E-state index in [1.54, 1.807) is 18.3 Å². The van der Waals surface area contributed by atoms with Gasteiger partial charge in [0, 0.05) is 11.5 Å². The minimum Gasteiger partial charge on any atom is -0.372 e. The molecule has 3 rings (SSSR count). The van der Waals surface area contributed by atoms with Crippen molar-refractivity contribution in [2.24, 2.45) is 0 Å². The standard InChI is InChI=1S/C18H18N2O3.C4H9Br/c1-18(2,3)13-8-6-12(7-9-13)11-20-15-14(5-4-10-19-15)16(21)23-17(20)22;1-2-3-4-5/h4-10H,11H2,1-3H3;2-4H2,1H3. The summed E-state index contributed by atoms with van der Waals surface area (Å²) in [5.41, 5.74) is 1.92. The highest BCUT2D eigenvalue weighted by molar-refractivity contribution is 9.09. The number of pyridine rings is 1. The van der Waals surface area contributed by atoms with Gasteiger partial charge >= 0.3 is 11.4 Å². The molecule has 0 aliphatic rings. The lowest BCUT2D eigenvalue weighted by molar-refractivity contribution is 0.423. The number of benzene rings is 1. The monoisotopic (exact) mass is 446 g/mol. The second kappa shape index (κ2) is 9.82. The van der Waals surface area contributed by atoms with Gasteiger partial charge in [-0.15, -0.1) is 0 Å².